The fourth-order valence-electron chi connectivity index (χ4n) is 3.87. The van der Waals surface area contributed by atoms with E-state index in [-0.39, 0.29) is 0 Å². The van der Waals surface area contributed by atoms with E-state index in [1.54, 1.807) is 14.2 Å². The molecule has 0 radical (unpaired) electrons. The summed E-state index contributed by atoms with van der Waals surface area (Å²) in [5.74, 6) is 3.59. The lowest BCUT2D eigenvalue weighted by Gasteiger charge is -2.33. The molecule has 3 rings (SSSR count). The van der Waals surface area contributed by atoms with Crippen LogP contribution in [0.2, 0.25) is 0 Å². The second-order valence-corrected chi connectivity index (χ2v) is 7.88. The molecule has 0 atom stereocenters. The van der Waals surface area contributed by atoms with E-state index in [4.69, 9.17) is 13.9 Å². The highest BCUT2D eigenvalue weighted by atomic mass is 16.5. The van der Waals surface area contributed by atoms with Gasteiger partial charge in [0.25, 0.3) is 0 Å². The van der Waals surface area contributed by atoms with Gasteiger partial charge in [-0.25, -0.2) is 0 Å². The molecular weight excluding hydrogens is 352 g/mol. The standard InChI is InChI=1S/C23H34N2O3/c1-24-13-10-20(11-14-24)16-25(17-22-8-9-23(28-22)18-26-2)15-12-19-4-6-21(27-3)7-5-19/h4-9,20H,10-18H2,1-3H3. The van der Waals surface area contributed by atoms with Gasteiger partial charge in [0.2, 0.25) is 0 Å². The van der Waals surface area contributed by atoms with Gasteiger partial charge in [-0.15, -0.1) is 0 Å². The van der Waals surface area contributed by atoms with Gasteiger partial charge in [-0.1, -0.05) is 12.1 Å². The van der Waals surface area contributed by atoms with Crippen molar-refractivity contribution in [2.24, 2.45) is 5.92 Å². The van der Waals surface area contributed by atoms with Crippen molar-refractivity contribution in [3.8, 4) is 5.75 Å². The third kappa shape index (κ3) is 6.36. The molecule has 1 fully saturated rings. The van der Waals surface area contributed by atoms with Crippen LogP contribution in [0, 0.1) is 5.92 Å². The Morgan fingerprint density at radius 1 is 1.04 bits per heavy atom. The molecule has 2 aromatic rings. The van der Waals surface area contributed by atoms with Gasteiger partial charge < -0.3 is 18.8 Å². The van der Waals surface area contributed by atoms with Gasteiger partial charge in [-0.2, -0.15) is 0 Å². The summed E-state index contributed by atoms with van der Waals surface area (Å²) in [7, 11) is 5.63. The van der Waals surface area contributed by atoms with Gasteiger partial charge in [-0.05, 0) is 75.1 Å². The highest BCUT2D eigenvalue weighted by Gasteiger charge is 2.20. The average Bonchev–Trinajstić information content (AvgIpc) is 3.15. The summed E-state index contributed by atoms with van der Waals surface area (Å²) in [5, 5.41) is 0. The molecule has 0 N–H and O–H groups in total. The van der Waals surface area contributed by atoms with E-state index >= 15 is 0 Å². The zero-order valence-corrected chi connectivity index (χ0v) is 17.5. The normalized spacial score (nSPS) is 16.0. The number of hydrogen-bond acceptors (Lipinski definition) is 5. The Morgan fingerprint density at radius 2 is 1.75 bits per heavy atom. The maximum atomic E-state index is 5.95. The Kier molecular flexibility index (Phi) is 7.95. The first-order valence-corrected chi connectivity index (χ1v) is 10.3. The molecule has 0 saturated carbocycles. The minimum Gasteiger partial charge on any atom is -0.497 e. The highest BCUT2D eigenvalue weighted by molar-refractivity contribution is 5.27. The van der Waals surface area contributed by atoms with E-state index < -0.39 is 0 Å². The summed E-state index contributed by atoms with van der Waals surface area (Å²) in [4.78, 5) is 4.98. The molecule has 1 aromatic heterocycles. The van der Waals surface area contributed by atoms with Crippen molar-refractivity contribution in [3.63, 3.8) is 0 Å². The van der Waals surface area contributed by atoms with Gasteiger partial charge in [-0.3, -0.25) is 4.90 Å². The predicted molar refractivity (Wildman–Crippen MR) is 112 cm³/mol. The summed E-state index contributed by atoms with van der Waals surface area (Å²) in [5.41, 5.74) is 1.34. The molecule has 5 heteroatoms. The molecule has 28 heavy (non-hydrogen) atoms. The number of benzene rings is 1. The first-order valence-electron chi connectivity index (χ1n) is 10.3. The van der Waals surface area contributed by atoms with E-state index in [0.29, 0.717) is 6.61 Å². The lowest BCUT2D eigenvalue weighted by molar-refractivity contribution is 0.143. The molecule has 5 nitrogen and oxygen atoms in total. The quantitative estimate of drug-likeness (QED) is 0.621. The smallest absolute Gasteiger partial charge is 0.129 e. The number of rotatable bonds is 10. The van der Waals surface area contributed by atoms with Crippen LogP contribution in [-0.4, -0.2) is 57.2 Å². The second-order valence-electron chi connectivity index (χ2n) is 7.88. The molecule has 0 aliphatic carbocycles. The third-order valence-corrected chi connectivity index (χ3v) is 5.61. The molecule has 0 spiro atoms. The van der Waals surface area contributed by atoms with Gasteiger partial charge in [0, 0.05) is 20.2 Å². The summed E-state index contributed by atoms with van der Waals surface area (Å²) in [6.07, 6.45) is 3.59. The average molecular weight is 387 g/mol. The summed E-state index contributed by atoms with van der Waals surface area (Å²) in [6, 6.07) is 12.5. The van der Waals surface area contributed by atoms with Crippen molar-refractivity contribution in [2.45, 2.75) is 32.4 Å². The predicted octanol–water partition coefficient (Wildman–Crippen LogP) is 3.82. The SMILES string of the molecule is COCc1ccc(CN(CCc2ccc(OC)cc2)CC2CCN(C)CC2)o1. The lowest BCUT2D eigenvalue weighted by Crippen LogP contribution is -2.37. The second kappa shape index (κ2) is 10.6. The first-order chi connectivity index (χ1) is 13.7. The van der Waals surface area contributed by atoms with Crippen molar-refractivity contribution < 1.29 is 13.9 Å². The molecule has 0 amide bonds. The summed E-state index contributed by atoms with van der Waals surface area (Å²) in [6.45, 7) is 5.95. The highest BCUT2D eigenvalue weighted by Crippen LogP contribution is 2.20. The van der Waals surface area contributed by atoms with Crippen LogP contribution in [-0.2, 0) is 24.3 Å². The van der Waals surface area contributed by atoms with Crippen LogP contribution >= 0.6 is 0 Å². The molecule has 1 aliphatic heterocycles. The number of methoxy groups -OCH3 is 2. The van der Waals surface area contributed by atoms with Crippen LogP contribution in [0.3, 0.4) is 0 Å². The molecule has 0 unspecified atom stereocenters. The topological polar surface area (TPSA) is 38.1 Å². The number of likely N-dealkylation sites (tertiary alicyclic amines) is 1. The van der Waals surface area contributed by atoms with Crippen molar-refractivity contribution in [3.05, 3.63) is 53.5 Å². The Morgan fingerprint density at radius 3 is 2.43 bits per heavy atom. The number of furan rings is 1. The molecule has 1 aromatic carbocycles. The maximum absolute atomic E-state index is 5.95. The van der Waals surface area contributed by atoms with Crippen LogP contribution in [0.25, 0.3) is 0 Å². The van der Waals surface area contributed by atoms with Crippen LogP contribution in [0.4, 0.5) is 0 Å². The Hall–Kier alpha value is -1.82. The van der Waals surface area contributed by atoms with Crippen molar-refractivity contribution in [1.82, 2.24) is 9.80 Å². The molecular formula is C23H34N2O3. The fourth-order valence-corrected chi connectivity index (χ4v) is 3.87. The van der Waals surface area contributed by atoms with Gasteiger partial charge in [0.15, 0.2) is 0 Å². The van der Waals surface area contributed by atoms with Crippen LogP contribution < -0.4 is 4.74 Å². The first kappa shape index (κ1) is 20.9. The van der Waals surface area contributed by atoms with E-state index in [1.165, 1.54) is 31.5 Å². The Balaban J connectivity index is 1.60. The molecule has 154 valence electrons. The number of piperidine rings is 1. The molecule has 0 bridgehead atoms. The van der Waals surface area contributed by atoms with Gasteiger partial charge in [0.1, 0.15) is 23.9 Å². The fraction of sp³-hybridized carbons (Fsp3) is 0.565. The number of nitrogens with zero attached hydrogens (tertiary/aromatic N) is 2. The monoisotopic (exact) mass is 386 g/mol. The lowest BCUT2D eigenvalue weighted by atomic mass is 9.96. The van der Waals surface area contributed by atoms with E-state index in [1.807, 2.05) is 18.2 Å². The molecule has 2 heterocycles. The van der Waals surface area contributed by atoms with E-state index in [2.05, 4.69) is 35.0 Å². The zero-order chi connectivity index (χ0) is 19.8. The summed E-state index contributed by atoms with van der Waals surface area (Å²) < 4.78 is 16.4. The molecule has 1 aliphatic rings. The van der Waals surface area contributed by atoms with Crippen LogP contribution in [0.5, 0.6) is 5.75 Å². The minimum absolute atomic E-state index is 0.529. The van der Waals surface area contributed by atoms with Crippen molar-refractivity contribution in [1.29, 1.82) is 0 Å². The van der Waals surface area contributed by atoms with Crippen molar-refractivity contribution in [2.75, 3.05) is 47.4 Å². The van der Waals surface area contributed by atoms with Crippen LogP contribution in [0.15, 0.2) is 40.8 Å². The maximum Gasteiger partial charge on any atom is 0.129 e. The Labute approximate surface area is 169 Å². The van der Waals surface area contributed by atoms with E-state index in [0.717, 1.165) is 49.2 Å². The van der Waals surface area contributed by atoms with Crippen molar-refractivity contribution >= 4 is 0 Å². The zero-order valence-electron chi connectivity index (χ0n) is 17.5. The Bertz CT molecular complexity index is 690. The van der Waals surface area contributed by atoms with Gasteiger partial charge >= 0.3 is 0 Å². The van der Waals surface area contributed by atoms with E-state index in [9.17, 15) is 0 Å². The summed E-state index contributed by atoms with van der Waals surface area (Å²) >= 11 is 0. The molecule has 1 saturated heterocycles. The van der Waals surface area contributed by atoms with Crippen LogP contribution in [0.1, 0.15) is 29.9 Å². The third-order valence-electron chi connectivity index (χ3n) is 5.61. The van der Waals surface area contributed by atoms with Gasteiger partial charge in [0.05, 0.1) is 13.7 Å². The number of ether oxygens (including phenoxy) is 2. The minimum atomic E-state index is 0.529. The largest absolute Gasteiger partial charge is 0.497 e. The number of hydrogen-bond donors (Lipinski definition) is 0.